The summed E-state index contributed by atoms with van der Waals surface area (Å²) in [5.41, 5.74) is 1.05. The van der Waals surface area contributed by atoms with Crippen molar-refractivity contribution < 1.29 is 4.52 Å². The Hall–Kier alpha value is -0.910. The minimum atomic E-state index is 0.760. The van der Waals surface area contributed by atoms with Crippen LogP contribution in [0.5, 0.6) is 0 Å². The van der Waals surface area contributed by atoms with Crippen molar-refractivity contribution >= 4 is 0 Å². The highest BCUT2D eigenvalue weighted by Gasteiger charge is 2.33. The average Bonchev–Trinajstić information content (AvgIpc) is 2.86. The Morgan fingerprint density at radius 2 is 2.00 bits per heavy atom. The minimum absolute atomic E-state index is 0.760. The van der Waals surface area contributed by atoms with E-state index in [1.165, 1.54) is 45.8 Å². The van der Waals surface area contributed by atoms with Gasteiger partial charge in [0.1, 0.15) is 6.26 Å². The molecule has 0 amide bonds. The maximum atomic E-state index is 4.86. The molecule has 100 valence electrons. The zero-order valence-corrected chi connectivity index (χ0v) is 11.1. The molecule has 3 heterocycles. The average molecular weight is 250 g/mol. The second kappa shape index (κ2) is 5.38. The Morgan fingerprint density at radius 1 is 1.22 bits per heavy atom. The van der Waals surface area contributed by atoms with E-state index in [1.54, 1.807) is 6.26 Å². The monoisotopic (exact) mass is 250 g/mol. The largest absolute Gasteiger partial charge is 0.364 e. The van der Waals surface area contributed by atoms with E-state index in [2.05, 4.69) is 26.8 Å². The van der Waals surface area contributed by atoms with E-state index < -0.39 is 0 Å². The van der Waals surface area contributed by atoms with Crippen molar-refractivity contribution in [1.29, 1.82) is 0 Å². The molecule has 1 aromatic rings. The lowest BCUT2D eigenvalue weighted by Crippen LogP contribution is -2.62. The van der Waals surface area contributed by atoms with Crippen LogP contribution in [0.2, 0.25) is 0 Å². The van der Waals surface area contributed by atoms with Crippen LogP contribution in [-0.2, 0) is 6.54 Å². The molecule has 3 rings (SSSR count). The molecule has 0 aliphatic carbocycles. The molecule has 2 saturated heterocycles. The number of hydrogen-bond donors (Lipinski definition) is 0. The number of hydrogen-bond acceptors (Lipinski definition) is 5. The van der Waals surface area contributed by atoms with Crippen LogP contribution in [-0.4, -0.2) is 71.7 Å². The van der Waals surface area contributed by atoms with Gasteiger partial charge in [0.2, 0.25) is 0 Å². The Bertz CT molecular complexity index is 353. The van der Waals surface area contributed by atoms with Crippen molar-refractivity contribution in [1.82, 2.24) is 19.9 Å². The van der Waals surface area contributed by atoms with E-state index in [0.717, 1.165) is 18.3 Å². The number of likely N-dealkylation sites (tertiary alicyclic amines) is 1. The molecule has 5 heteroatoms. The van der Waals surface area contributed by atoms with Crippen LogP contribution in [0, 0.1) is 0 Å². The van der Waals surface area contributed by atoms with Crippen LogP contribution < -0.4 is 0 Å². The first-order chi connectivity index (χ1) is 8.85. The van der Waals surface area contributed by atoms with Gasteiger partial charge >= 0.3 is 0 Å². The Kier molecular flexibility index (Phi) is 3.63. The first-order valence-corrected chi connectivity index (χ1v) is 6.93. The quantitative estimate of drug-likeness (QED) is 0.777. The van der Waals surface area contributed by atoms with Crippen LogP contribution in [0.1, 0.15) is 12.6 Å². The first kappa shape index (κ1) is 12.1. The number of nitrogens with zero attached hydrogens (tertiary/aromatic N) is 4. The fourth-order valence-corrected chi connectivity index (χ4v) is 2.90. The molecular formula is C13H22N4O. The van der Waals surface area contributed by atoms with E-state index >= 15 is 0 Å². The minimum Gasteiger partial charge on any atom is -0.364 e. The van der Waals surface area contributed by atoms with Crippen molar-refractivity contribution in [3.63, 3.8) is 0 Å². The number of piperazine rings is 1. The third kappa shape index (κ3) is 2.58. The van der Waals surface area contributed by atoms with Crippen molar-refractivity contribution in [2.75, 3.05) is 45.8 Å². The fourth-order valence-electron chi connectivity index (χ4n) is 2.90. The molecule has 0 spiro atoms. The van der Waals surface area contributed by atoms with Gasteiger partial charge in [-0.15, -0.1) is 0 Å². The highest BCUT2D eigenvalue weighted by atomic mass is 16.5. The molecule has 0 aromatic carbocycles. The van der Waals surface area contributed by atoms with Crippen molar-refractivity contribution in [2.45, 2.75) is 19.5 Å². The molecule has 18 heavy (non-hydrogen) atoms. The summed E-state index contributed by atoms with van der Waals surface area (Å²) in [6, 6.07) is 2.71. The molecule has 2 fully saturated rings. The summed E-state index contributed by atoms with van der Waals surface area (Å²) in [4.78, 5) is 7.61. The Morgan fingerprint density at radius 3 is 2.61 bits per heavy atom. The SMILES string of the molecule is CCN1CCN(C2CN(Cc3ccon3)C2)CC1. The van der Waals surface area contributed by atoms with E-state index in [0.29, 0.717) is 0 Å². The summed E-state index contributed by atoms with van der Waals surface area (Å²) < 4.78 is 4.86. The maximum absolute atomic E-state index is 4.86. The lowest BCUT2D eigenvalue weighted by atomic mass is 10.1. The van der Waals surface area contributed by atoms with Gasteiger partial charge in [-0.2, -0.15) is 0 Å². The normalized spacial score (nSPS) is 24.3. The standard InChI is InChI=1S/C13H22N4O/c1-2-15-4-6-17(7-5-15)13-10-16(11-13)9-12-3-8-18-14-12/h3,8,13H,2,4-7,9-11H2,1H3. The van der Waals surface area contributed by atoms with Gasteiger partial charge in [-0.05, 0) is 6.54 Å². The third-order valence-electron chi connectivity index (χ3n) is 4.19. The summed E-state index contributed by atoms with van der Waals surface area (Å²) >= 11 is 0. The molecule has 0 N–H and O–H groups in total. The highest BCUT2D eigenvalue weighted by molar-refractivity contribution is 4.99. The molecule has 0 radical (unpaired) electrons. The topological polar surface area (TPSA) is 35.8 Å². The van der Waals surface area contributed by atoms with E-state index in [1.807, 2.05) is 6.07 Å². The van der Waals surface area contributed by atoms with Crippen LogP contribution in [0.15, 0.2) is 16.9 Å². The zero-order chi connectivity index (χ0) is 12.4. The van der Waals surface area contributed by atoms with E-state index in [9.17, 15) is 0 Å². The zero-order valence-electron chi connectivity index (χ0n) is 11.1. The van der Waals surface area contributed by atoms with Gasteiger partial charge in [0.05, 0.1) is 5.69 Å². The molecule has 2 aliphatic heterocycles. The van der Waals surface area contributed by atoms with Gasteiger partial charge in [0, 0.05) is 57.9 Å². The fraction of sp³-hybridized carbons (Fsp3) is 0.769. The summed E-state index contributed by atoms with van der Waals surface area (Å²) in [5, 5.41) is 3.96. The third-order valence-corrected chi connectivity index (χ3v) is 4.19. The van der Waals surface area contributed by atoms with Gasteiger partial charge in [-0.1, -0.05) is 12.1 Å². The van der Waals surface area contributed by atoms with Gasteiger partial charge in [0.15, 0.2) is 0 Å². The van der Waals surface area contributed by atoms with Crippen LogP contribution in [0.3, 0.4) is 0 Å². The number of rotatable bonds is 4. The first-order valence-electron chi connectivity index (χ1n) is 6.93. The maximum Gasteiger partial charge on any atom is 0.124 e. The Labute approximate surface area is 108 Å². The van der Waals surface area contributed by atoms with Gasteiger partial charge in [0.25, 0.3) is 0 Å². The second-order valence-corrected chi connectivity index (χ2v) is 5.31. The van der Waals surface area contributed by atoms with Crippen LogP contribution >= 0.6 is 0 Å². The smallest absolute Gasteiger partial charge is 0.124 e. The molecule has 0 unspecified atom stereocenters. The second-order valence-electron chi connectivity index (χ2n) is 5.31. The van der Waals surface area contributed by atoms with E-state index in [4.69, 9.17) is 4.52 Å². The highest BCUT2D eigenvalue weighted by Crippen LogP contribution is 2.18. The number of likely N-dealkylation sites (N-methyl/N-ethyl adjacent to an activating group) is 1. The van der Waals surface area contributed by atoms with Crippen LogP contribution in [0.4, 0.5) is 0 Å². The van der Waals surface area contributed by atoms with Gasteiger partial charge < -0.3 is 9.42 Å². The van der Waals surface area contributed by atoms with Crippen molar-refractivity contribution in [2.24, 2.45) is 0 Å². The van der Waals surface area contributed by atoms with Crippen LogP contribution in [0.25, 0.3) is 0 Å². The molecule has 0 atom stereocenters. The lowest BCUT2D eigenvalue weighted by Gasteiger charge is -2.48. The lowest BCUT2D eigenvalue weighted by molar-refractivity contribution is 0.00122. The molecule has 1 aromatic heterocycles. The van der Waals surface area contributed by atoms with Crippen molar-refractivity contribution in [3.8, 4) is 0 Å². The number of aromatic nitrogens is 1. The molecule has 0 saturated carbocycles. The van der Waals surface area contributed by atoms with Crippen molar-refractivity contribution in [3.05, 3.63) is 18.0 Å². The molecule has 0 bridgehead atoms. The summed E-state index contributed by atoms with van der Waals surface area (Å²) in [5.74, 6) is 0. The van der Waals surface area contributed by atoms with Gasteiger partial charge in [-0.3, -0.25) is 9.80 Å². The predicted octanol–water partition coefficient (Wildman–Crippen LogP) is 0.496. The Balaban J connectivity index is 1.40. The summed E-state index contributed by atoms with van der Waals surface area (Å²) in [7, 11) is 0. The summed E-state index contributed by atoms with van der Waals surface area (Å²) in [6.45, 7) is 11.7. The van der Waals surface area contributed by atoms with Gasteiger partial charge in [-0.25, -0.2) is 0 Å². The molecule has 2 aliphatic rings. The summed E-state index contributed by atoms with van der Waals surface area (Å²) in [6.07, 6.45) is 1.65. The van der Waals surface area contributed by atoms with E-state index in [-0.39, 0.29) is 0 Å². The molecule has 5 nitrogen and oxygen atoms in total. The molecular weight excluding hydrogens is 228 g/mol. The predicted molar refractivity (Wildman–Crippen MR) is 69.3 cm³/mol.